The van der Waals surface area contributed by atoms with E-state index in [1.165, 1.54) is 12.8 Å². The maximum atomic E-state index is 12.3. The van der Waals surface area contributed by atoms with Crippen LogP contribution < -0.4 is 10.5 Å². The standard InChI is InChI=1S/C14H22N2O2S/c1-2-12-7-8-13(15)10-14(12)19(17,18)16-9-3-4-11-5-6-11/h7-8,10-11,16H,2-6,9,15H2,1H3. The van der Waals surface area contributed by atoms with Crippen LogP contribution in [0.25, 0.3) is 0 Å². The van der Waals surface area contributed by atoms with E-state index in [0.29, 0.717) is 23.5 Å². The zero-order valence-electron chi connectivity index (χ0n) is 11.4. The van der Waals surface area contributed by atoms with Gasteiger partial charge in [0.25, 0.3) is 0 Å². The fourth-order valence-electron chi connectivity index (χ4n) is 2.19. The zero-order valence-corrected chi connectivity index (χ0v) is 12.2. The summed E-state index contributed by atoms with van der Waals surface area (Å²) < 4.78 is 27.2. The smallest absolute Gasteiger partial charge is 0.240 e. The minimum absolute atomic E-state index is 0.321. The molecule has 0 bridgehead atoms. The number of nitrogens with one attached hydrogen (secondary N) is 1. The van der Waals surface area contributed by atoms with Crippen molar-refractivity contribution in [2.75, 3.05) is 12.3 Å². The molecule has 19 heavy (non-hydrogen) atoms. The first-order chi connectivity index (χ1) is 9.03. The molecule has 5 heteroatoms. The molecule has 1 saturated carbocycles. The summed E-state index contributed by atoms with van der Waals surface area (Å²) in [5.41, 5.74) is 6.98. The molecule has 0 spiro atoms. The molecule has 1 fully saturated rings. The number of benzene rings is 1. The topological polar surface area (TPSA) is 72.2 Å². The van der Waals surface area contributed by atoms with Crippen molar-refractivity contribution in [2.24, 2.45) is 5.92 Å². The van der Waals surface area contributed by atoms with Gasteiger partial charge in [0.15, 0.2) is 0 Å². The van der Waals surface area contributed by atoms with E-state index in [2.05, 4.69) is 4.72 Å². The van der Waals surface area contributed by atoms with Crippen LogP contribution in [0, 0.1) is 5.92 Å². The second kappa shape index (κ2) is 5.92. The molecule has 0 aromatic heterocycles. The van der Waals surface area contributed by atoms with Gasteiger partial charge >= 0.3 is 0 Å². The number of aryl methyl sites for hydroxylation is 1. The Labute approximate surface area is 115 Å². The van der Waals surface area contributed by atoms with Crippen molar-refractivity contribution >= 4 is 15.7 Å². The lowest BCUT2D eigenvalue weighted by Crippen LogP contribution is -2.26. The highest BCUT2D eigenvalue weighted by molar-refractivity contribution is 7.89. The van der Waals surface area contributed by atoms with Crippen molar-refractivity contribution in [2.45, 2.75) is 43.9 Å². The monoisotopic (exact) mass is 282 g/mol. The largest absolute Gasteiger partial charge is 0.399 e. The molecule has 1 aromatic carbocycles. The summed E-state index contributed by atoms with van der Waals surface area (Å²) >= 11 is 0. The van der Waals surface area contributed by atoms with Gasteiger partial charge in [-0.1, -0.05) is 25.8 Å². The van der Waals surface area contributed by atoms with Gasteiger partial charge in [-0.25, -0.2) is 13.1 Å². The summed E-state index contributed by atoms with van der Waals surface area (Å²) in [5, 5.41) is 0. The van der Waals surface area contributed by atoms with Gasteiger partial charge in [0.1, 0.15) is 0 Å². The van der Waals surface area contributed by atoms with Crippen molar-refractivity contribution in [3.05, 3.63) is 23.8 Å². The van der Waals surface area contributed by atoms with Crippen LogP contribution in [0.5, 0.6) is 0 Å². The molecule has 0 amide bonds. The number of anilines is 1. The van der Waals surface area contributed by atoms with Crippen LogP contribution in [0.4, 0.5) is 5.69 Å². The lowest BCUT2D eigenvalue weighted by Gasteiger charge is -2.11. The van der Waals surface area contributed by atoms with Gasteiger partial charge in [-0.15, -0.1) is 0 Å². The highest BCUT2D eigenvalue weighted by Crippen LogP contribution is 2.33. The van der Waals surface area contributed by atoms with Crippen LogP contribution in [0.15, 0.2) is 23.1 Å². The Morgan fingerprint density at radius 1 is 1.37 bits per heavy atom. The third-order valence-electron chi connectivity index (χ3n) is 3.54. The summed E-state index contributed by atoms with van der Waals surface area (Å²) in [4.78, 5) is 0.321. The maximum Gasteiger partial charge on any atom is 0.240 e. The number of hydrogen-bond donors (Lipinski definition) is 2. The maximum absolute atomic E-state index is 12.3. The van der Waals surface area contributed by atoms with Gasteiger partial charge in [-0.2, -0.15) is 0 Å². The van der Waals surface area contributed by atoms with Crippen molar-refractivity contribution in [3.8, 4) is 0 Å². The minimum atomic E-state index is -3.43. The average molecular weight is 282 g/mol. The molecule has 3 N–H and O–H groups in total. The van der Waals surface area contributed by atoms with Crippen LogP contribution in [0.2, 0.25) is 0 Å². The fourth-order valence-corrected chi connectivity index (χ4v) is 3.61. The van der Waals surface area contributed by atoms with Crippen molar-refractivity contribution in [1.29, 1.82) is 0 Å². The van der Waals surface area contributed by atoms with E-state index in [1.807, 2.05) is 6.92 Å². The predicted molar refractivity (Wildman–Crippen MR) is 77.4 cm³/mol. The Bertz CT molecular complexity index is 536. The van der Waals surface area contributed by atoms with Gasteiger partial charge < -0.3 is 5.73 Å². The van der Waals surface area contributed by atoms with Gasteiger partial charge in [0, 0.05) is 12.2 Å². The molecule has 4 nitrogen and oxygen atoms in total. The summed E-state index contributed by atoms with van der Waals surface area (Å²) in [6.07, 6.45) is 5.33. The van der Waals surface area contributed by atoms with E-state index in [0.717, 1.165) is 24.3 Å². The predicted octanol–water partition coefficient (Wildman–Crippen LogP) is 2.30. The fraction of sp³-hybridized carbons (Fsp3) is 0.571. The minimum Gasteiger partial charge on any atom is -0.399 e. The molecule has 0 heterocycles. The molecule has 0 unspecified atom stereocenters. The second-order valence-electron chi connectivity index (χ2n) is 5.20. The molecule has 1 aromatic rings. The summed E-state index contributed by atoms with van der Waals surface area (Å²) in [6.45, 7) is 2.45. The Kier molecular flexibility index (Phi) is 4.47. The number of nitrogen functional groups attached to an aromatic ring is 1. The molecule has 0 saturated heterocycles. The van der Waals surface area contributed by atoms with Crippen LogP contribution in [0.1, 0.15) is 38.2 Å². The summed E-state index contributed by atoms with van der Waals surface area (Å²) in [7, 11) is -3.43. The number of rotatable bonds is 7. The molecule has 1 aliphatic carbocycles. The quantitative estimate of drug-likeness (QED) is 0.595. The lowest BCUT2D eigenvalue weighted by molar-refractivity contribution is 0.571. The molecule has 0 atom stereocenters. The van der Waals surface area contributed by atoms with Crippen LogP contribution in [0.3, 0.4) is 0 Å². The Hall–Kier alpha value is -1.07. The van der Waals surface area contributed by atoms with Gasteiger partial charge in [0.05, 0.1) is 4.90 Å². The van der Waals surface area contributed by atoms with E-state index in [-0.39, 0.29) is 0 Å². The van der Waals surface area contributed by atoms with E-state index in [4.69, 9.17) is 5.73 Å². The zero-order chi connectivity index (χ0) is 13.9. The van der Waals surface area contributed by atoms with Crippen molar-refractivity contribution < 1.29 is 8.42 Å². The van der Waals surface area contributed by atoms with Gasteiger partial charge in [-0.3, -0.25) is 0 Å². The van der Waals surface area contributed by atoms with E-state index in [9.17, 15) is 8.42 Å². The third-order valence-corrected chi connectivity index (χ3v) is 5.08. The van der Waals surface area contributed by atoms with Crippen LogP contribution in [-0.4, -0.2) is 15.0 Å². The highest BCUT2D eigenvalue weighted by atomic mass is 32.2. The average Bonchev–Trinajstić information content (AvgIpc) is 3.19. The lowest BCUT2D eigenvalue weighted by atomic mass is 10.1. The summed E-state index contributed by atoms with van der Waals surface area (Å²) in [6, 6.07) is 5.07. The van der Waals surface area contributed by atoms with Gasteiger partial charge in [-0.05, 0) is 42.9 Å². The Balaban J connectivity index is 2.02. The molecule has 2 rings (SSSR count). The third kappa shape index (κ3) is 3.94. The first kappa shape index (κ1) is 14.3. The molecule has 0 radical (unpaired) electrons. The SMILES string of the molecule is CCc1ccc(N)cc1S(=O)(=O)NCCCC1CC1. The number of sulfonamides is 1. The van der Waals surface area contributed by atoms with Gasteiger partial charge in [0.2, 0.25) is 10.0 Å². The highest BCUT2D eigenvalue weighted by Gasteiger charge is 2.21. The first-order valence-electron chi connectivity index (χ1n) is 6.91. The molecule has 0 aliphatic heterocycles. The molecular weight excluding hydrogens is 260 g/mol. The number of hydrogen-bond acceptors (Lipinski definition) is 3. The van der Waals surface area contributed by atoms with Crippen molar-refractivity contribution in [1.82, 2.24) is 4.72 Å². The van der Waals surface area contributed by atoms with Crippen LogP contribution >= 0.6 is 0 Å². The molecule has 106 valence electrons. The Morgan fingerprint density at radius 3 is 2.74 bits per heavy atom. The number of nitrogens with two attached hydrogens (primary N) is 1. The van der Waals surface area contributed by atoms with E-state index < -0.39 is 10.0 Å². The molecular formula is C14H22N2O2S. The van der Waals surface area contributed by atoms with Crippen molar-refractivity contribution in [3.63, 3.8) is 0 Å². The normalized spacial score (nSPS) is 15.6. The van der Waals surface area contributed by atoms with E-state index in [1.54, 1.807) is 18.2 Å². The Morgan fingerprint density at radius 2 is 2.11 bits per heavy atom. The molecule has 1 aliphatic rings. The van der Waals surface area contributed by atoms with E-state index >= 15 is 0 Å². The second-order valence-corrected chi connectivity index (χ2v) is 6.94. The summed E-state index contributed by atoms with van der Waals surface area (Å²) in [5.74, 6) is 0.836. The van der Waals surface area contributed by atoms with Crippen LogP contribution in [-0.2, 0) is 16.4 Å². The first-order valence-corrected chi connectivity index (χ1v) is 8.39.